The standard InChI is InChI=1S/C22H16BrClN2O3S/c1-12-18(21(28)29-2)19(15-5-3-4-6-16(15)24)26-20(27)17(30-22(26)25-12)11-13-7-9-14(23)10-8-13/h3-11,19H,1-2H3/b17-11+/t19-/m0/s1. The van der Waals surface area contributed by atoms with Gasteiger partial charge < -0.3 is 4.74 Å². The molecule has 8 heteroatoms. The highest BCUT2D eigenvalue weighted by atomic mass is 79.9. The number of allylic oxidation sites excluding steroid dienone is 1. The number of methoxy groups -OCH3 is 1. The molecule has 0 N–H and O–H groups in total. The van der Waals surface area contributed by atoms with Crippen molar-refractivity contribution in [2.24, 2.45) is 4.99 Å². The number of esters is 1. The monoisotopic (exact) mass is 502 g/mol. The minimum Gasteiger partial charge on any atom is -0.466 e. The Bertz CT molecular complexity index is 1360. The van der Waals surface area contributed by atoms with Gasteiger partial charge in [0, 0.05) is 9.50 Å². The maximum atomic E-state index is 13.4. The van der Waals surface area contributed by atoms with Crippen LogP contribution < -0.4 is 14.9 Å². The third-order valence-corrected chi connectivity index (χ3v) is 6.65. The molecule has 0 fully saturated rings. The third kappa shape index (κ3) is 3.69. The number of nitrogens with zero attached hydrogens (tertiary/aromatic N) is 2. The van der Waals surface area contributed by atoms with Gasteiger partial charge in [0.1, 0.15) is 6.04 Å². The zero-order chi connectivity index (χ0) is 21.4. The van der Waals surface area contributed by atoms with E-state index in [1.54, 1.807) is 25.1 Å². The topological polar surface area (TPSA) is 60.7 Å². The second-order valence-electron chi connectivity index (χ2n) is 6.65. The average Bonchev–Trinajstić information content (AvgIpc) is 3.03. The van der Waals surface area contributed by atoms with Gasteiger partial charge in [-0.3, -0.25) is 9.36 Å². The summed E-state index contributed by atoms with van der Waals surface area (Å²) < 4.78 is 8.00. The lowest BCUT2D eigenvalue weighted by atomic mass is 9.96. The Morgan fingerprint density at radius 3 is 2.60 bits per heavy atom. The first-order valence-corrected chi connectivity index (χ1v) is 11.0. The molecule has 1 aliphatic rings. The van der Waals surface area contributed by atoms with Gasteiger partial charge in [-0.25, -0.2) is 9.79 Å². The van der Waals surface area contributed by atoms with Gasteiger partial charge in [-0.2, -0.15) is 0 Å². The molecule has 0 spiro atoms. The summed E-state index contributed by atoms with van der Waals surface area (Å²) in [5.74, 6) is -0.539. The predicted molar refractivity (Wildman–Crippen MR) is 121 cm³/mol. The number of fused-ring (bicyclic) bond motifs is 1. The molecule has 1 aromatic heterocycles. The lowest BCUT2D eigenvalue weighted by molar-refractivity contribution is -0.136. The van der Waals surface area contributed by atoms with E-state index in [4.69, 9.17) is 16.3 Å². The number of thiazole rings is 1. The number of carbonyl (C=O) groups excluding carboxylic acids is 1. The third-order valence-electron chi connectivity index (χ3n) is 4.79. The Labute approximate surface area is 189 Å². The number of hydrogen-bond donors (Lipinski definition) is 0. The molecule has 152 valence electrons. The molecule has 0 aliphatic carbocycles. The number of halogens is 2. The molecule has 30 heavy (non-hydrogen) atoms. The van der Waals surface area contributed by atoms with Gasteiger partial charge in [0.25, 0.3) is 5.56 Å². The summed E-state index contributed by atoms with van der Waals surface area (Å²) >= 11 is 11.1. The van der Waals surface area contributed by atoms with Gasteiger partial charge in [0.15, 0.2) is 4.80 Å². The van der Waals surface area contributed by atoms with Crippen LogP contribution in [0.5, 0.6) is 0 Å². The molecule has 0 amide bonds. The summed E-state index contributed by atoms with van der Waals surface area (Å²) in [4.78, 5) is 31.1. The second-order valence-corrected chi connectivity index (χ2v) is 8.98. The number of hydrogen-bond acceptors (Lipinski definition) is 5. The Morgan fingerprint density at radius 2 is 1.93 bits per heavy atom. The molecule has 4 rings (SSSR count). The van der Waals surface area contributed by atoms with Gasteiger partial charge >= 0.3 is 5.97 Å². The molecule has 1 aliphatic heterocycles. The number of carbonyl (C=O) groups is 1. The van der Waals surface area contributed by atoms with Crippen molar-refractivity contribution in [1.29, 1.82) is 0 Å². The van der Waals surface area contributed by atoms with Gasteiger partial charge in [0.2, 0.25) is 0 Å². The average molecular weight is 504 g/mol. The Balaban J connectivity index is 2.00. The molecule has 3 aromatic rings. The van der Waals surface area contributed by atoms with E-state index >= 15 is 0 Å². The fourth-order valence-electron chi connectivity index (χ4n) is 3.39. The van der Waals surface area contributed by atoms with Crippen LogP contribution in [-0.2, 0) is 9.53 Å². The van der Waals surface area contributed by atoms with Crippen molar-refractivity contribution in [3.05, 3.63) is 100 Å². The van der Waals surface area contributed by atoms with Crippen LogP contribution in [0.25, 0.3) is 6.08 Å². The predicted octanol–water partition coefficient (Wildman–Crippen LogP) is 3.82. The molecule has 1 atom stereocenters. The van der Waals surface area contributed by atoms with Crippen molar-refractivity contribution in [1.82, 2.24) is 4.57 Å². The smallest absolute Gasteiger partial charge is 0.338 e. The lowest BCUT2D eigenvalue weighted by Crippen LogP contribution is -2.39. The van der Waals surface area contributed by atoms with Gasteiger partial charge in [-0.05, 0) is 42.3 Å². The van der Waals surface area contributed by atoms with E-state index in [1.807, 2.05) is 36.4 Å². The molecule has 0 saturated carbocycles. The normalized spacial score (nSPS) is 16.3. The van der Waals surface area contributed by atoms with Crippen LogP contribution in [0.15, 0.2) is 74.1 Å². The van der Waals surface area contributed by atoms with Crippen LogP contribution in [0.2, 0.25) is 5.02 Å². The van der Waals surface area contributed by atoms with E-state index in [-0.39, 0.29) is 5.56 Å². The molecular weight excluding hydrogens is 488 g/mol. The second kappa shape index (κ2) is 8.34. The zero-order valence-corrected chi connectivity index (χ0v) is 19.2. The summed E-state index contributed by atoms with van der Waals surface area (Å²) in [5, 5.41) is 0.459. The molecule has 2 heterocycles. The molecule has 0 radical (unpaired) electrons. The summed E-state index contributed by atoms with van der Waals surface area (Å²) in [5.41, 5.74) is 2.10. The van der Waals surface area contributed by atoms with Crippen molar-refractivity contribution < 1.29 is 9.53 Å². The van der Waals surface area contributed by atoms with Crippen molar-refractivity contribution in [3.63, 3.8) is 0 Å². The number of ether oxygens (including phenoxy) is 1. The van der Waals surface area contributed by atoms with Crippen molar-refractivity contribution >= 4 is 50.9 Å². The summed E-state index contributed by atoms with van der Waals surface area (Å²) in [6, 6.07) is 14.1. The van der Waals surface area contributed by atoms with Crippen molar-refractivity contribution in [2.45, 2.75) is 13.0 Å². The molecule has 0 unspecified atom stereocenters. The van der Waals surface area contributed by atoms with E-state index in [1.165, 1.54) is 23.0 Å². The summed E-state index contributed by atoms with van der Waals surface area (Å²) in [7, 11) is 1.31. The SMILES string of the molecule is COC(=O)C1=C(C)N=c2s/c(=C/c3ccc(Br)cc3)c(=O)n2[C@H]1c1ccccc1Cl. The maximum absolute atomic E-state index is 13.4. The van der Waals surface area contributed by atoms with Crippen LogP contribution in [0.4, 0.5) is 0 Å². The van der Waals surface area contributed by atoms with Crippen LogP contribution in [0.3, 0.4) is 0 Å². The largest absolute Gasteiger partial charge is 0.466 e. The highest BCUT2D eigenvalue weighted by Crippen LogP contribution is 2.34. The first-order valence-electron chi connectivity index (χ1n) is 9.01. The first-order chi connectivity index (χ1) is 14.4. The summed E-state index contributed by atoms with van der Waals surface area (Å²) in [6.07, 6.45) is 1.82. The first kappa shape index (κ1) is 20.8. The van der Waals surface area contributed by atoms with Gasteiger partial charge in [-0.1, -0.05) is 69.2 Å². The minimum atomic E-state index is -0.713. The van der Waals surface area contributed by atoms with Crippen molar-refractivity contribution in [3.8, 4) is 0 Å². The zero-order valence-electron chi connectivity index (χ0n) is 16.1. The van der Waals surface area contributed by atoms with Crippen LogP contribution in [0.1, 0.15) is 24.1 Å². The number of aromatic nitrogens is 1. The lowest BCUT2D eigenvalue weighted by Gasteiger charge is -2.25. The van der Waals surface area contributed by atoms with E-state index in [0.29, 0.717) is 31.2 Å². The van der Waals surface area contributed by atoms with E-state index in [2.05, 4.69) is 20.9 Å². The Kier molecular flexibility index (Phi) is 5.77. The van der Waals surface area contributed by atoms with E-state index in [0.717, 1.165) is 10.0 Å². The molecular formula is C22H16BrClN2O3S. The highest BCUT2D eigenvalue weighted by molar-refractivity contribution is 9.10. The van der Waals surface area contributed by atoms with E-state index < -0.39 is 12.0 Å². The quantitative estimate of drug-likeness (QED) is 0.511. The number of rotatable bonds is 3. The van der Waals surface area contributed by atoms with Crippen molar-refractivity contribution in [2.75, 3.05) is 7.11 Å². The fourth-order valence-corrected chi connectivity index (χ4v) is 4.94. The van der Waals surface area contributed by atoms with Gasteiger partial charge in [-0.15, -0.1) is 0 Å². The minimum absolute atomic E-state index is 0.236. The highest BCUT2D eigenvalue weighted by Gasteiger charge is 2.34. The fraction of sp³-hybridized carbons (Fsp3) is 0.136. The van der Waals surface area contributed by atoms with Crippen LogP contribution in [-0.4, -0.2) is 17.6 Å². The molecule has 0 saturated heterocycles. The van der Waals surface area contributed by atoms with Gasteiger partial charge in [0.05, 0.1) is 22.9 Å². The van der Waals surface area contributed by atoms with E-state index in [9.17, 15) is 9.59 Å². The molecule has 5 nitrogen and oxygen atoms in total. The maximum Gasteiger partial charge on any atom is 0.338 e. The van der Waals surface area contributed by atoms with Crippen LogP contribution >= 0.6 is 38.9 Å². The Morgan fingerprint density at radius 1 is 1.23 bits per heavy atom. The molecule has 0 bridgehead atoms. The number of benzene rings is 2. The summed E-state index contributed by atoms with van der Waals surface area (Å²) in [6.45, 7) is 1.74. The Hall–Kier alpha value is -2.48. The van der Waals surface area contributed by atoms with Crippen LogP contribution in [0, 0.1) is 0 Å². The molecule has 2 aromatic carbocycles.